The van der Waals surface area contributed by atoms with Crippen molar-refractivity contribution in [3.05, 3.63) is 66.2 Å². The fourth-order valence-corrected chi connectivity index (χ4v) is 3.82. The summed E-state index contributed by atoms with van der Waals surface area (Å²) in [5.74, 6) is 0.618. The van der Waals surface area contributed by atoms with E-state index in [2.05, 4.69) is 10.3 Å². The Hall–Kier alpha value is -3.29. The predicted molar refractivity (Wildman–Crippen MR) is 116 cm³/mol. The summed E-state index contributed by atoms with van der Waals surface area (Å²) in [7, 11) is 0. The number of anilines is 2. The molecular weight excluding hydrogens is 419 g/mol. The Labute approximate surface area is 184 Å². The number of aryl methyl sites for hydroxylation is 1. The summed E-state index contributed by atoms with van der Waals surface area (Å²) in [4.78, 5) is 18.8. The number of amides is 1. The Kier molecular flexibility index (Phi) is 6.48. The van der Waals surface area contributed by atoms with Crippen molar-refractivity contribution in [2.45, 2.75) is 38.3 Å². The average molecular weight is 443 g/mol. The molecule has 1 aliphatic rings. The van der Waals surface area contributed by atoms with Crippen LogP contribution in [0.3, 0.4) is 0 Å². The van der Waals surface area contributed by atoms with E-state index < -0.39 is 11.7 Å². The molecule has 1 N–H and O–H groups in total. The van der Waals surface area contributed by atoms with Crippen LogP contribution < -0.4 is 10.2 Å². The van der Waals surface area contributed by atoms with Crippen LogP contribution in [-0.4, -0.2) is 24.0 Å². The van der Waals surface area contributed by atoms with Gasteiger partial charge in [0.2, 0.25) is 5.91 Å². The van der Waals surface area contributed by atoms with Crippen LogP contribution in [-0.2, 0) is 17.4 Å². The number of carbonyl (C=O) groups excluding carboxylic acids is 1. The molecule has 32 heavy (non-hydrogen) atoms. The maximum atomic E-state index is 13.2. The Morgan fingerprint density at radius 1 is 1.06 bits per heavy atom. The molecule has 0 unspecified atom stereocenters. The van der Waals surface area contributed by atoms with Crippen molar-refractivity contribution in [2.24, 2.45) is 0 Å². The van der Waals surface area contributed by atoms with Gasteiger partial charge < -0.3 is 14.6 Å². The number of alkyl halides is 3. The summed E-state index contributed by atoms with van der Waals surface area (Å²) >= 11 is 0. The van der Waals surface area contributed by atoms with Crippen molar-refractivity contribution >= 4 is 17.3 Å². The quantitative estimate of drug-likeness (QED) is 0.514. The van der Waals surface area contributed by atoms with Gasteiger partial charge in [0.05, 0.1) is 23.1 Å². The van der Waals surface area contributed by atoms with Crippen LogP contribution in [0.2, 0.25) is 0 Å². The third-order valence-corrected chi connectivity index (χ3v) is 5.47. The molecule has 0 aliphatic carbocycles. The first-order chi connectivity index (χ1) is 15.4. The maximum absolute atomic E-state index is 13.2. The molecule has 168 valence electrons. The van der Waals surface area contributed by atoms with E-state index in [9.17, 15) is 18.0 Å². The zero-order valence-corrected chi connectivity index (χ0v) is 17.5. The third-order valence-electron chi connectivity index (χ3n) is 5.47. The van der Waals surface area contributed by atoms with Crippen LogP contribution in [0.4, 0.5) is 24.5 Å². The molecule has 0 atom stereocenters. The molecule has 4 rings (SSSR count). The second-order valence-electron chi connectivity index (χ2n) is 7.81. The van der Waals surface area contributed by atoms with E-state index in [1.807, 2.05) is 35.2 Å². The molecule has 2 aromatic carbocycles. The highest BCUT2D eigenvalue weighted by atomic mass is 19.4. The highest BCUT2D eigenvalue weighted by Crippen LogP contribution is 2.36. The fourth-order valence-electron chi connectivity index (χ4n) is 3.82. The van der Waals surface area contributed by atoms with Gasteiger partial charge in [-0.15, -0.1) is 0 Å². The van der Waals surface area contributed by atoms with E-state index in [1.165, 1.54) is 6.07 Å². The van der Waals surface area contributed by atoms with E-state index in [-0.39, 0.29) is 24.4 Å². The molecule has 0 saturated carbocycles. The summed E-state index contributed by atoms with van der Waals surface area (Å²) in [5, 5.41) is 2.68. The van der Waals surface area contributed by atoms with E-state index in [1.54, 1.807) is 6.20 Å². The topological polar surface area (TPSA) is 58.4 Å². The van der Waals surface area contributed by atoms with Gasteiger partial charge in [-0.25, -0.2) is 4.98 Å². The Morgan fingerprint density at radius 3 is 2.53 bits per heavy atom. The molecule has 1 saturated heterocycles. The number of rotatable bonds is 6. The number of piperidine rings is 1. The average Bonchev–Trinajstić information content (AvgIpc) is 3.27. The number of halogens is 3. The highest BCUT2D eigenvalue weighted by molar-refractivity contribution is 5.94. The summed E-state index contributed by atoms with van der Waals surface area (Å²) in [6, 6.07) is 13.0. The minimum Gasteiger partial charge on any atom is -0.441 e. The SMILES string of the molecule is O=C(CCc1ncc(-c2ccccc2)o1)Nc1cc(C(F)(F)F)ccc1N1CCCCC1. The minimum absolute atomic E-state index is 0.0461. The van der Waals surface area contributed by atoms with Crippen molar-refractivity contribution in [2.75, 3.05) is 23.3 Å². The first-order valence-corrected chi connectivity index (χ1v) is 10.7. The molecule has 1 aliphatic heterocycles. The van der Waals surface area contributed by atoms with Gasteiger partial charge in [0.15, 0.2) is 11.7 Å². The summed E-state index contributed by atoms with van der Waals surface area (Å²) in [6.45, 7) is 1.51. The van der Waals surface area contributed by atoms with Crippen LogP contribution in [0.1, 0.15) is 37.1 Å². The fraction of sp³-hybridized carbons (Fsp3) is 0.333. The van der Waals surface area contributed by atoms with Crippen LogP contribution >= 0.6 is 0 Å². The molecule has 0 radical (unpaired) electrons. The number of carbonyl (C=O) groups is 1. The standard InChI is InChI=1S/C24H24F3N3O2/c25-24(26,27)18-9-10-20(30-13-5-2-6-14-30)19(15-18)29-22(31)11-12-23-28-16-21(32-23)17-7-3-1-4-8-17/h1,3-4,7-10,15-16H,2,5-6,11-14H2,(H,29,31). The Morgan fingerprint density at radius 2 is 1.81 bits per heavy atom. The first kappa shape index (κ1) is 21.9. The van der Waals surface area contributed by atoms with Gasteiger partial charge in [-0.1, -0.05) is 30.3 Å². The largest absolute Gasteiger partial charge is 0.441 e. The number of oxazole rings is 1. The van der Waals surface area contributed by atoms with E-state index in [0.29, 0.717) is 17.3 Å². The maximum Gasteiger partial charge on any atom is 0.416 e. The van der Waals surface area contributed by atoms with Crippen molar-refractivity contribution in [3.63, 3.8) is 0 Å². The van der Waals surface area contributed by atoms with Crippen LogP contribution in [0, 0.1) is 0 Å². The van der Waals surface area contributed by atoms with Gasteiger partial charge in [0.25, 0.3) is 0 Å². The molecule has 0 spiro atoms. The van der Waals surface area contributed by atoms with Gasteiger partial charge in [-0.05, 0) is 37.5 Å². The number of benzene rings is 2. The predicted octanol–water partition coefficient (Wildman–Crippen LogP) is 5.92. The van der Waals surface area contributed by atoms with Gasteiger partial charge in [0, 0.05) is 31.5 Å². The second-order valence-corrected chi connectivity index (χ2v) is 7.81. The lowest BCUT2D eigenvalue weighted by atomic mass is 10.1. The van der Waals surface area contributed by atoms with Crippen molar-refractivity contribution in [1.29, 1.82) is 0 Å². The molecule has 1 aromatic heterocycles. The molecule has 8 heteroatoms. The number of hydrogen-bond donors (Lipinski definition) is 1. The normalized spacial score (nSPS) is 14.4. The molecule has 5 nitrogen and oxygen atoms in total. The van der Waals surface area contributed by atoms with Gasteiger partial charge >= 0.3 is 6.18 Å². The van der Waals surface area contributed by atoms with Gasteiger partial charge in [0.1, 0.15) is 0 Å². The smallest absolute Gasteiger partial charge is 0.416 e. The Balaban J connectivity index is 1.45. The van der Waals surface area contributed by atoms with E-state index in [4.69, 9.17) is 4.42 Å². The second kappa shape index (κ2) is 9.46. The number of nitrogens with one attached hydrogen (secondary N) is 1. The van der Waals surface area contributed by atoms with Crippen LogP contribution in [0.25, 0.3) is 11.3 Å². The zero-order valence-electron chi connectivity index (χ0n) is 17.5. The summed E-state index contributed by atoms with van der Waals surface area (Å²) < 4.78 is 45.4. The van der Waals surface area contributed by atoms with Crippen molar-refractivity contribution in [3.8, 4) is 11.3 Å². The van der Waals surface area contributed by atoms with E-state index >= 15 is 0 Å². The molecular formula is C24H24F3N3O2. The number of hydrogen-bond acceptors (Lipinski definition) is 4. The lowest BCUT2D eigenvalue weighted by Crippen LogP contribution is -2.30. The van der Waals surface area contributed by atoms with Gasteiger partial charge in [-0.2, -0.15) is 13.2 Å². The molecule has 0 bridgehead atoms. The molecule has 1 amide bonds. The van der Waals surface area contributed by atoms with Crippen molar-refractivity contribution < 1.29 is 22.4 Å². The summed E-state index contributed by atoms with van der Waals surface area (Å²) in [6.07, 6.45) is 0.460. The van der Waals surface area contributed by atoms with Crippen LogP contribution in [0.5, 0.6) is 0 Å². The Bertz CT molecular complexity index is 1060. The zero-order chi connectivity index (χ0) is 22.6. The lowest BCUT2D eigenvalue weighted by molar-refractivity contribution is -0.137. The van der Waals surface area contributed by atoms with Gasteiger partial charge in [-0.3, -0.25) is 4.79 Å². The summed E-state index contributed by atoms with van der Waals surface area (Å²) in [5.41, 5.74) is 0.900. The molecule has 1 fully saturated rings. The minimum atomic E-state index is -4.48. The molecule has 2 heterocycles. The highest BCUT2D eigenvalue weighted by Gasteiger charge is 2.32. The van der Waals surface area contributed by atoms with Crippen LogP contribution in [0.15, 0.2) is 59.1 Å². The first-order valence-electron chi connectivity index (χ1n) is 10.7. The lowest BCUT2D eigenvalue weighted by Gasteiger charge is -2.31. The van der Waals surface area contributed by atoms with E-state index in [0.717, 1.165) is 50.0 Å². The van der Waals surface area contributed by atoms with Crippen molar-refractivity contribution in [1.82, 2.24) is 4.98 Å². The number of nitrogens with zero attached hydrogens (tertiary/aromatic N) is 2. The number of aromatic nitrogens is 1. The monoisotopic (exact) mass is 443 g/mol. The molecule has 3 aromatic rings. The third kappa shape index (κ3) is 5.30.